The van der Waals surface area contributed by atoms with E-state index in [4.69, 9.17) is 23.7 Å². The third kappa shape index (κ3) is 7.21. The third-order valence-electron chi connectivity index (χ3n) is 3.35. The van der Waals surface area contributed by atoms with E-state index in [-0.39, 0.29) is 6.61 Å². The molecule has 0 aromatic heterocycles. The molecule has 1 saturated heterocycles. The molecule has 0 aliphatic carbocycles. The van der Waals surface area contributed by atoms with Crippen LogP contribution in [0.5, 0.6) is 0 Å². The van der Waals surface area contributed by atoms with Crippen molar-refractivity contribution in [3.05, 3.63) is 0 Å². The van der Waals surface area contributed by atoms with Crippen LogP contribution in [0.1, 0.15) is 34.6 Å². The van der Waals surface area contributed by atoms with E-state index in [2.05, 4.69) is 5.32 Å². The van der Waals surface area contributed by atoms with Crippen LogP contribution in [0.3, 0.4) is 0 Å². The number of carbonyl (C=O) groups excluding carboxylic acids is 5. The lowest BCUT2D eigenvalue weighted by Gasteiger charge is -2.44. The minimum absolute atomic E-state index is 0.365. The Morgan fingerprint density at radius 2 is 1.30 bits per heavy atom. The highest BCUT2D eigenvalue weighted by Gasteiger charge is 2.52. The van der Waals surface area contributed by atoms with Gasteiger partial charge in [-0.2, -0.15) is 0 Å². The molecule has 1 aliphatic rings. The fraction of sp³-hybridized carbons (Fsp3) is 0.688. The van der Waals surface area contributed by atoms with Crippen molar-refractivity contribution in [1.82, 2.24) is 5.32 Å². The smallest absolute Gasteiger partial charge is 0.305 e. The third-order valence-corrected chi connectivity index (χ3v) is 3.35. The summed E-state index contributed by atoms with van der Waals surface area (Å²) in [6.07, 6.45) is -4.97. The van der Waals surface area contributed by atoms with E-state index in [1.54, 1.807) is 0 Å². The molecule has 152 valence electrons. The zero-order chi connectivity index (χ0) is 20.7. The lowest BCUT2D eigenvalue weighted by molar-refractivity contribution is -0.270. The summed E-state index contributed by atoms with van der Waals surface area (Å²) < 4.78 is 25.9. The fourth-order valence-electron chi connectivity index (χ4n) is 2.55. The summed E-state index contributed by atoms with van der Waals surface area (Å²) >= 11 is 0. The standard InChI is InChI=1S/C16H23NO10/c1-7(18)17-13-15(25-10(4)21)14(24-9(3)20)12(6-23-8(2)19)27-16(13)26-11(5)22/h12-16H,6H2,1-5H3,(H,17,18)/t12?,13-,14+,15?,16-/m0/s1. The largest absolute Gasteiger partial charge is 0.463 e. The van der Waals surface area contributed by atoms with E-state index in [1.807, 2.05) is 0 Å². The molecule has 27 heavy (non-hydrogen) atoms. The van der Waals surface area contributed by atoms with Crippen molar-refractivity contribution in [1.29, 1.82) is 0 Å². The van der Waals surface area contributed by atoms with Crippen molar-refractivity contribution in [3.8, 4) is 0 Å². The van der Waals surface area contributed by atoms with E-state index in [0.29, 0.717) is 0 Å². The van der Waals surface area contributed by atoms with Crippen LogP contribution in [-0.2, 0) is 47.7 Å². The molecule has 0 aromatic rings. The van der Waals surface area contributed by atoms with Gasteiger partial charge in [-0.15, -0.1) is 0 Å². The first-order valence-electron chi connectivity index (χ1n) is 8.08. The summed E-state index contributed by atoms with van der Waals surface area (Å²) in [6, 6.07) is -1.16. The molecule has 11 nitrogen and oxygen atoms in total. The average Bonchev–Trinajstić information content (AvgIpc) is 2.49. The van der Waals surface area contributed by atoms with Crippen LogP contribution in [0, 0.1) is 0 Å². The highest BCUT2D eigenvalue weighted by atomic mass is 16.7. The molecule has 1 heterocycles. The van der Waals surface area contributed by atoms with Gasteiger partial charge in [0.15, 0.2) is 12.2 Å². The van der Waals surface area contributed by atoms with Crippen molar-refractivity contribution in [3.63, 3.8) is 0 Å². The number of hydrogen-bond acceptors (Lipinski definition) is 10. The minimum Gasteiger partial charge on any atom is -0.463 e. The second-order valence-corrected chi connectivity index (χ2v) is 5.83. The Bertz CT molecular complexity index is 604. The minimum atomic E-state index is -1.37. The second kappa shape index (κ2) is 9.86. The highest BCUT2D eigenvalue weighted by Crippen LogP contribution is 2.28. The van der Waals surface area contributed by atoms with Crippen LogP contribution in [0.4, 0.5) is 0 Å². The second-order valence-electron chi connectivity index (χ2n) is 5.83. The molecule has 1 N–H and O–H groups in total. The molecule has 0 aromatic carbocycles. The Hall–Kier alpha value is -2.69. The molecule has 11 heteroatoms. The Balaban J connectivity index is 3.29. The molecule has 1 rings (SSSR count). The van der Waals surface area contributed by atoms with Gasteiger partial charge in [0.05, 0.1) is 0 Å². The molecule has 0 saturated carbocycles. The van der Waals surface area contributed by atoms with Gasteiger partial charge >= 0.3 is 23.9 Å². The number of esters is 4. The van der Waals surface area contributed by atoms with Crippen LogP contribution < -0.4 is 5.32 Å². The fourth-order valence-corrected chi connectivity index (χ4v) is 2.55. The number of ether oxygens (including phenoxy) is 5. The van der Waals surface area contributed by atoms with Gasteiger partial charge in [-0.3, -0.25) is 24.0 Å². The molecule has 1 fully saturated rings. The van der Waals surface area contributed by atoms with Gasteiger partial charge in [-0.1, -0.05) is 0 Å². The number of rotatable bonds is 6. The summed E-state index contributed by atoms with van der Waals surface area (Å²) in [6.45, 7) is 5.36. The Morgan fingerprint density at radius 3 is 1.74 bits per heavy atom. The number of amides is 1. The van der Waals surface area contributed by atoms with Crippen molar-refractivity contribution < 1.29 is 47.7 Å². The first kappa shape index (κ1) is 22.4. The molecule has 0 bridgehead atoms. The summed E-state index contributed by atoms with van der Waals surface area (Å²) in [5.41, 5.74) is 0. The number of nitrogens with one attached hydrogen (secondary N) is 1. The normalized spacial score (nSPS) is 27.1. The van der Waals surface area contributed by atoms with Gasteiger partial charge in [-0.05, 0) is 0 Å². The molecular weight excluding hydrogens is 366 g/mol. The van der Waals surface area contributed by atoms with Gasteiger partial charge in [0.1, 0.15) is 18.8 Å². The number of hydrogen-bond donors (Lipinski definition) is 1. The lowest BCUT2D eigenvalue weighted by Crippen LogP contribution is -2.66. The van der Waals surface area contributed by atoms with Crippen molar-refractivity contribution in [2.75, 3.05) is 6.61 Å². The van der Waals surface area contributed by atoms with Crippen molar-refractivity contribution in [2.45, 2.75) is 65.3 Å². The summed E-state index contributed by atoms with van der Waals surface area (Å²) in [5.74, 6) is -3.34. The molecule has 1 amide bonds. The van der Waals surface area contributed by atoms with Crippen molar-refractivity contribution >= 4 is 29.8 Å². The molecular formula is C16H23NO10. The first-order chi connectivity index (χ1) is 12.5. The Kier molecular flexibility index (Phi) is 8.16. The Labute approximate surface area is 155 Å². The topological polar surface area (TPSA) is 144 Å². The van der Waals surface area contributed by atoms with Crippen LogP contribution in [-0.4, -0.2) is 67.0 Å². The van der Waals surface area contributed by atoms with Gasteiger partial charge in [-0.25, -0.2) is 0 Å². The zero-order valence-electron chi connectivity index (χ0n) is 15.7. The van der Waals surface area contributed by atoms with E-state index in [0.717, 1.165) is 27.7 Å². The maximum absolute atomic E-state index is 11.6. The first-order valence-corrected chi connectivity index (χ1v) is 8.08. The lowest BCUT2D eigenvalue weighted by atomic mass is 9.96. The quantitative estimate of drug-likeness (QED) is 0.453. The predicted octanol–water partition coefficient (Wildman–Crippen LogP) is -0.794. The molecule has 1 aliphatic heterocycles. The zero-order valence-corrected chi connectivity index (χ0v) is 15.7. The van der Waals surface area contributed by atoms with Gasteiger partial charge in [0, 0.05) is 34.6 Å². The van der Waals surface area contributed by atoms with E-state index >= 15 is 0 Å². The van der Waals surface area contributed by atoms with Gasteiger partial charge in [0.2, 0.25) is 12.2 Å². The van der Waals surface area contributed by atoms with E-state index < -0.39 is 60.4 Å². The molecule has 5 atom stereocenters. The highest BCUT2D eigenvalue weighted by molar-refractivity contribution is 5.74. The average molecular weight is 389 g/mol. The van der Waals surface area contributed by atoms with Gasteiger partial charge < -0.3 is 29.0 Å². The molecule has 0 radical (unpaired) electrons. The molecule has 2 unspecified atom stereocenters. The van der Waals surface area contributed by atoms with Crippen LogP contribution >= 0.6 is 0 Å². The van der Waals surface area contributed by atoms with Crippen molar-refractivity contribution in [2.24, 2.45) is 0 Å². The Morgan fingerprint density at radius 1 is 0.778 bits per heavy atom. The van der Waals surface area contributed by atoms with E-state index in [9.17, 15) is 24.0 Å². The monoisotopic (exact) mass is 389 g/mol. The molecule has 0 spiro atoms. The van der Waals surface area contributed by atoms with Gasteiger partial charge in [0.25, 0.3) is 0 Å². The maximum atomic E-state index is 11.6. The summed E-state index contributed by atoms with van der Waals surface area (Å²) in [4.78, 5) is 57.2. The SMILES string of the molecule is CC(=O)N[C@H]1C(OC(C)=O)[C@H](OC(C)=O)C(COC(C)=O)O[C@@H]1OC(C)=O. The van der Waals surface area contributed by atoms with E-state index in [1.165, 1.54) is 6.92 Å². The summed E-state index contributed by atoms with van der Waals surface area (Å²) in [7, 11) is 0. The van der Waals surface area contributed by atoms with Crippen LogP contribution in [0.15, 0.2) is 0 Å². The summed E-state index contributed by atoms with van der Waals surface area (Å²) in [5, 5.41) is 2.46. The predicted molar refractivity (Wildman–Crippen MR) is 85.8 cm³/mol. The van der Waals surface area contributed by atoms with Crippen LogP contribution in [0.2, 0.25) is 0 Å². The van der Waals surface area contributed by atoms with Crippen LogP contribution in [0.25, 0.3) is 0 Å². The number of carbonyl (C=O) groups is 5. The maximum Gasteiger partial charge on any atom is 0.305 e.